The molecule has 1 aromatic rings. The lowest BCUT2D eigenvalue weighted by Gasteiger charge is -2.20. The molecule has 0 aliphatic carbocycles. The van der Waals surface area contributed by atoms with Crippen LogP contribution in [0.4, 0.5) is 5.69 Å². The Bertz CT molecular complexity index is 467. The fourth-order valence-electron chi connectivity index (χ4n) is 2.24. The molecule has 0 saturated carbocycles. The number of rotatable bonds is 1. The van der Waals surface area contributed by atoms with Crippen LogP contribution < -0.4 is 4.90 Å². The van der Waals surface area contributed by atoms with Gasteiger partial charge in [-0.15, -0.1) is 0 Å². The first kappa shape index (κ1) is 10.7. The molecule has 1 aromatic carbocycles. The number of carbonyl (C=O) groups excluding carboxylic acids is 1. The minimum Gasteiger partial charge on any atom is -0.478 e. The van der Waals surface area contributed by atoms with Crippen LogP contribution in [0, 0.1) is 0 Å². The van der Waals surface area contributed by atoms with Crippen molar-refractivity contribution in [3.8, 4) is 0 Å². The molecule has 2 rings (SSSR count). The van der Waals surface area contributed by atoms with E-state index < -0.39 is 5.97 Å². The van der Waals surface area contributed by atoms with Gasteiger partial charge in [-0.3, -0.25) is 4.79 Å². The topological polar surface area (TPSA) is 57.6 Å². The Labute approximate surface area is 93.5 Å². The lowest BCUT2D eigenvalue weighted by molar-refractivity contribution is -0.116. The van der Waals surface area contributed by atoms with Crippen LogP contribution in [0.3, 0.4) is 0 Å². The van der Waals surface area contributed by atoms with Crippen molar-refractivity contribution in [2.75, 3.05) is 4.90 Å². The van der Waals surface area contributed by atoms with Gasteiger partial charge in [0.25, 0.3) is 0 Å². The van der Waals surface area contributed by atoms with Crippen molar-refractivity contribution in [3.05, 3.63) is 29.3 Å². The molecular weight excluding hydrogens is 206 g/mol. The molecule has 1 N–H and O–H groups in total. The normalized spacial score (nSPS) is 18.4. The van der Waals surface area contributed by atoms with Crippen LogP contribution in [0.15, 0.2) is 18.2 Å². The number of carboxylic acids is 1. The van der Waals surface area contributed by atoms with Crippen molar-refractivity contribution in [3.63, 3.8) is 0 Å². The predicted octanol–water partition coefficient (Wildman–Crippen LogP) is 1.68. The highest BCUT2D eigenvalue weighted by Gasteiger charge is 2.29. The number of nitrogens with zero attached hydrogens (tertiary/aromatic N) is 1. The third-order valence-corrected chi connectivity index (χ3v) is 2.88. The number of aromatic carboxylic acids is 1. The molecule has 0 fully saturated rings. The third kappa shape index (κ3) is 1.56. The Morgan fingerprint density at radius 1 is 1.44 bits per heavy atom. The SMILES string of the molecule is CC(=O)N1c2ccc(C(=O)O)cc2C[C@H]1C. The van der Waals surface area contributed by atoms with Gasteiger partial charge in [0.1, 0.15) is 0 Å². The summed E-state index contributed by atoms with van der Waals surface area (Å²) in [7, 11) is 0. The highest BCUT2D eigenvalue weighted by molar-refractivity contribution is 5.96. The van der Waals surface area contributed by atoms with E-state index in [1.807, 2.05) is 6.92 Å². The van der Waals surface area contributed by atoms with Gasteiger partial charge in [0.05, 0.1) is 5.56 Å². The second-order valence-electron chi connectivity index (χ2n) is 4.09. The summed E-state index contributed by atoms with van der Waals surface area (Å²) in [6.07, 6.45) is 0.718. The first-order chi connectivity index (χ1) is 7.50. The second-order valence-corrected chi connectivity index (χ2v) is 4.09. The maximum atomic E-state index is 11.4. The summed E-state index contributed by atoms with van der Waals surface area (Å²) in [5.41, 5.74) is 2.05. The summed E-state index contributed by atoms with van der Waals surface area (Å²) in [5, 5.41) is 8.88. The molecule has 84 valence electrons. The van der Waals surface area contributed by atoms with Crippen LogP contribution in [0.1, 0.15) is 29.8 Å². The quantitative estimate of drug-likeness (QED) is 0.781. The Balaban J connectivity index is 2.46. The lowest BCUT2D eigenvalue weighted by Crippen LogP contribution is -2.33. The summed E-state index contributed by atoms with van der Waals surface area (Å²) < 4.78 is 0. The van der Waals surface area contributed by atoms with Gasteiger partial charge < -0.3 is 10.0 Å². The zero-order valence-electron chi connectivity index (χ0n) is 9.23. The average molecular weight is 219 g/mol. The van der Waals surface area contributed by atoms with E-state index in [0.717, 1.165) is 17.7 Å². The van der Waals surface area contributed by atoms with Crippen molar-refractivity contribution < 1.29 is 14.7 Å². The first-order valence-electron chi connectivity index (χ1n) is 5.16. The summed E-state index contributed by atoms with van der Waals surface area (Å²) in [6, 6.07) is 5.01. The second kappa shape index (κ2) is 3.63. The number of amides is 1. The molecule has 0 aromatic heterocycles. The Kier molecular flexibility index (Phi) is 2.42. The lowest BCUT2D eigenvalue weighted by atomic mass is 10.1. The number of carbonyl (C=O) groups is 2. The minimum absolute atomic E-state index is 0.00525. The van der Waals surface area contributed by atoms with Gasteiger partial charge >= 0.3 is 5.97 Å². The molecule has 0 saturated heterocycles. The van der Waals surface area contributed by atoms with E-state index in [-0.39, 0.29) is 17.5 Å². The van der Waals surface area contributed by atoms with E-state index in [0.29, 0.717) is 0 Å². The van der Waals surface area contributed by atoms with Crippen molar-refractivity contribution >= 4 is 17.6 Å². The molecule has 0 unspecified atom stereocenters. The van der Waals surface area contributed by atoms with Crippen molar-refractivity contribution in [2.24, 2.45) is 0 Å². The van der Waals surface area contributed by atoms with Crippen LogP contribution >= 0.6 is 0 Å². The van der Waals surface area contributed by atoms with Crippen LogP contribution in [-0.2, 0) is 11.2 Å². The van der Waals surface area contributed by atoms with Gasteiger partial charge in [0.2, 0.25) is 5.91 Å². The van der Waals surface area contributed by atoms with Gasteiger partial charge in [-0.25, -0.2) is 4.79 Å². The number of hydrogen-bond acceptors (Lipinski definition) is 2. The van der Waals surface area contributed by atoms with E-state index in [1.54, 1.807) is 17.0 Å². The summed E-state index contributed by atoms with van der Waals surface area (Å²) in [6.45, 7) is 3.48. The predicted molar refractivity (Wildman–Crippen MR) is 59.7 cm³/mol. The number of carboxylic acid groups (broad SMARTS) is 1. The van der Waals surface area contributed by atoms with Gasteiger partial charge in [-0.05, 0) is 37.1 Å². The van der Waals surface area contributed by atoms with Crippen molar-refractivity contribution in [2.45, 2.75) is 26.3 Å². The average Bonchev–Trinajstić information content (AvgIpc) is 2.51. The van der Waals surface area contributed by atoms with Crippen LogP contribution in [0.2, 0.25) is 0 Å². The molecule has 0 radical (unpaired) electrons. The monoisotopic (exact) mass is 219 g/mol. The molecule has 0 bridgehead atoms. The zero-order chi connectivity index (χ0) is 11.9. The summed E-state index contributed by atoms with van der Waals surface area (Å²) in [4.78, 5) is 24.0. The van der Waals surface area contributed by atoms with E-state index >= 15 is 0 Å². The molecule has 16 heavy (non-hydrogen) atoms. The molecule has 1 atom stereocenters. The van der Waals surface area contributed by atoms with Gasteiger partial charge in [-0.2, -0.15) is 0 Å². The summed E-state index contributed by atoms with van der Waals surface area (Å²) in [5.74, 6) is -0.939. The van der Waals surface area contributed by atoms with Gasteiger partial charge in [0, 0.05) is 18.7 Å². The number of anilines is 1. The fraction of sp³-hybridized carbons (Fsp3) is 0.333. The highest BCUT2D eigenvalue weighted by Crippen LogP contribution is 2.32. The van der Waals surface area contributed by atoms with Crippen molar-refractivity contribution in [1.82, 2.24) is 0 Å². The zero-order valence-corrected chi connectivity index (χ0v) is 9.23. The maximum absolute atomic E-state index is 11.4. The van der Waals surface area contributed by atoms with Crippen LogP contribution in [-0.4, -0.2) is 23.0 Å². The van der Waals surface area contributed by atoms with Crippen LogP contribution in [0.25, 0.3) is 0 Å². The summed E-state index contributed by atoms with van der Waals surface area (Å²) >= 11 is 0. The molecule has 0 spiro atoms. The highest BCUT2D eigenvalue weighted by atomic mass is 16.4. The smallest absolute Gasteiger partial charge is 0.335 e. The molecule has 1 amide bonds. The number of hydrogen-bond donors (Lipinski definition) is 1. The van der Waals surface area contributed by atoms with E-state index in [2.05, 4.69) is 0 Å². The standard InChI is InChI=1S/C12H13NO3/c1-7-5-10-6-9(12(15)16)3-4-11(10)13(7)8(2)14/h3-4,6-7H,5H2,1-2H3,(H,15,16)/t7-/m1/s1. The third-order valence-electron chi connectivity index (χ3n) is 2.88. The number of fused-ring (bicyclic) bond motifs is 1. The Morgan fingerprint density at radius 3 is 2.69 bits per heavy atom. The van der Waals surface area contributed by atoms with Crippen LogP contribution in [0.5, 0.6) is 0 Å². The van der Waals surface area contributed by atoms with E-state index in [4.69, 9.17) is 5.11 Å². The minimum atomic E-state index is -0.934. The van der Waals surface area contributed by atoms with E-state index in [9.17, 15) is 9.59 Å². The maximum Gasteiger partial charge on any atom is 0.335 e. The largest absolute Gasteiger partial charge is 0.478 e. The molecule has 1 heterocycles. The van der Waals surface area contributed by atoms with Gasteiger partial charge in [-0.1, -0.05) is 0 Å². The first-order valence-corrected chi connectivity index (χ1v) is 5.16. The Morgan fingerprint density at radius 2 is 2.12 bits per heavy atom. The fourth-order valence-corrected chi connectivity index (χ4v) is 2.24. The molecule has 1 aliphatic heterocycles. The van der Waals surface area contributed by atoms with E-state index in [1.165, 1.54) is 13.0 Å². The molecular formula is C12H13NO3. The molecule has 4 heteroatoms. The molecule has 1 aliphatic rings. The van der Waals surface area contributed by atoms with Gasteiger partial charge in [0.15, 0.2) is 0 Å². The van der Waals surface area contributed by atoms with Crippen molar-refractivity contribution in [1.29, 1.82) is 0 Å². The Hall–Kier alpha value is -1.84. The number of benzene rings is 1. The molecule has 4 nitrogen and oxygen atoms in total.